The van der Waals surface area contributed by atoms with Crippen LogP contribution in [-0.2, 0) is 11.3 Å². The molecular formula is C14H18BrFO. The molecule has 1 aliphatic carbocycles. The molecule has 2 rings (SSSR count). The van der Waals surface area contributed by atoms with Crippen molar-refractivity contribution in [3.05, 3.63) is 34.1 Å². The van der Waals surface area contributed by atoms with Crippen molar-refractivity contribution in [3.8, 4) is 0 Å². The molecule has 0 radical (unpaired) electrons. The molecule has 0 N–H and O–H groups in total. The molecule has 0 saturated heterocycles. The van der Waals surface area contributed by atoms with E-state index in [1.807, 2.05) is 6.07 Å². The third-order valence-corrected chi connectivity index (χ3v) is 3.99. The number of hydrogen-bond donors (Lipinski definition) is 0. The quantitative estimate of drug-likeness (QED) is 0.787. The van der Waals surface area contributed by atoms with E-state index in [2.05, 4.69) is 22.9 Å². The van der Waals surface area contributed by atoms with Gasteiger partial charge in [0.25, 0.3) is 0 Å². The molecule has 1 nitrogen and oxygen atoms in total. The minimum absolute atomic E-state index is 0.192. The Morgan fingerprint density at radius 1 is 1.35 bits per heavy atom. The fourth-order valence-corrected chi connectivity index (χ4v) is 2.70. The van der Waals surface area contributed by atoms with Crippen molar-refractivity contribution in [1.82, 2.24) is 0 Å². The van der Waals surface area contributed by atoms with Crippen LogP contribution in [0, 0.1) is 11.7 Å². The zero-order valence-electron chi connectivity index (χ0n) is 10.1. The first-order valence-corrected chi connectivity index (χ1v) is 7.01. The Balaban J connectivity index is 1.92. The summed E-state index contributed by atoms with van der Waals surface area (Å²) in [5, 5.41) is 0. The maximum absolute atomic E-state index is 13.6. The van der Waals surface area contributed by atoms with E-state index in [1.165, 1.54) is 25.3 Å². The molecule has 0 bridgehead atoms. The summed E-state index contributed by atoms with van der Waals surface area (Å²) in [6.07, 6.45) is 5.17. The predicted molar refractivity (Wildman–Crippen MR) is 70.3 cm³/mol. The standard InChI is InChI=1S/C14H18BrFO/c1-10-4-2-3-5-14(10)17-9-11-6-7-12(15)8-13(11)16/h6-8,10,14H,2-5,9H2,1H3. The van der Waals surface area contributed by atoms with E-state index in [9.17, 15) is 4.39 Å². The fraction of sp³-hybridized carbons (Fsp3) is 0.571. The SMILES string of the molecule is CC1CCCCC1OCc1ccc(Br)cc1F. The van der Waals surface area contributed by atoms with Crippen molar-refractivity contribution in [3.63, 3.8) is 0 Å². The molecule has 0 amide bonds. The summed E-state index contributed by atoms with van der Waals surface area (Å²) < 4.78 is 20.2. The van der Waals surface area contributed by atoms with E-state index in [1.54, 1.807) is 6.07 Å². The first-order valence-electron chi connectivity index (χ1n) is 6.22. The lowest BCUT2D eigenvalue weighted by Gasteiger charge is -2.28. The fourth-order valence-electron chi connectivity index (χ4n) is 2.37. The Kier molecular flexibility index (Phi) is 4.57. The Bertz CT molecular complexity index is 380. The van der Waals surface area contributed by atoms with Crippen molar-refractivity contribution >= 4 is 15.9 Å². The predicted octanol–water partition coefficient (Wildman–Crippen LogP) is 4.68. The van der Waals surface area contributed by atoms with Gasteiger partial charge in [0, 0.05) is 10.0 Å². The summed E-state index contributed by atoms with van der Waals surface area (Å²) in [6, 6.07) is 5.13. The lowest BCUT2D eigenvalue weighted by Crippen LogP contribution is -2.25. The van der Waals surface area contributed by atoms with E-state index in [4.69, 9.17) is 4.74 Å². The maximum atomic E-state index is 13.6. The summed E-state index contributed by atoms with van der Waals surface area (Å²) in [7, 11) is 0. The van der Waals surface area contributed by atoms with Crippen LogP contribution in [-0.4, -0.2) is 6.10 Å². The molecule has 0 heterocycles. The van der Waals surface area contributed by atoms with Crippen molar-refractivity contribution in [1.29, 1.82) is 0 Å². The molecular weight excluding hydrogens is 283 g/mol. The minimum atomic E-state index is -0.192. The van der Waals surface area contributed by atoms with Crippen LogP contribution in [0.4, 0.5) is 4.39 Å². The zero-order chi connectivity index (χ0) is 12.3. The molecule has 1 aromatic rings. The van der Waals surface area contributed by atoms with Gasteiger partial charge in [-0.3, -0.25) is 0 Å². The van der Waals surface area contributed by atoms with Crippen LogP contribution in [0.25, 0.3) is 0 Å². The summed E-state index contributed by atoms with van der Waals surface area (Å²) >= 11 is 3.25. The van der Waals surface area contributed by atoms with Gasteiger partial charge in [0.2, 0.25) is 0 Å². The van der Waals surface area contributed by atoms with Gasteiger partial charge in [-0.1, -0.05) is 41.8 Å². The van der Waals surface area contributed by atoms with E-state index < -0.39 is 0 Å². The normalized spacial score (nSPS) is 24.9. The topological polar surface area (TPSA) is 9.23 Å². The Morgan fingerprint density at radius 3 is 2.82 bits per heavy atom. The second kappa shape index (κ2) is 5.96. The van der Waals surface area contributed by atoms with E-state index >= 15 is 0 Å². The molecule has 17 heavy (non-hydrogen) atoms. The van der Waals surface area contributed by atoms with Crippen LogP contribution in [0.5, 0.6) is 0 Å². The number of hydrogen-bond acceptors (Lipinski definition) is 1. The highest BCUT2D eigenvalue weighted by Crippen LogP contribution is 2.27. The first-order chi connectivity index (χ1) is 8.16. The minimum Gasteiger partial charge on any atom is -0.373 e. The molecule has 2 atom stereocenters. The zero-order valence-corrected chi connectivity index (χ0v) is 11.7. The van der Waals surface area contributed by atoms with Crippen LogP contribution in [0.2, 0.25) is 0 Å². The average Bonchev–Trinajstić information content (AvgIpc) is 2.30. The highest BCUT2D eigenvalue weighted by molar-refractivity contribution is 9.10. The van der Waals surface area contributed by atoms with Gasteiger partial charge in [0.15, 0.2) is 0 Å². The molecule has 1 aromatic carbocycles. The van der Waals surface area contributed by atoms with Gasteiger partial charge in [-0.15, -0.1) is 0 Å². The van der Waals surface area contributed by atoms with Crippen molar-refractivity contribution < 1.29 is 9.13 Å². The van der Waals surface area contributed by atoms with Crippen LogP contribution in [0.15, 0.2) is 22.7 Å². The van der Waals surface area contributed by atoms with Gasteiger partial charge in [0.1, 0.15) is 5.82 Å². The highest BCUT2D eigenvalue weighted by Gasteiger charge is 2.22. The molecule has 1 fully saturated rings. The Morgan fingerprint density at radius 2 is 2.12 bits per heavy atom. The Labute approximate surface area is 110 Å². The summed E-state index contributed by atoms with van der Waals surface area (Å²) in [6.45, 7) is 2.61. The molecule has 0 aromatic heterocycles. The lowest BCUT2D eigenvalue weighted by atomic mass is 9.88. The van der Waals surface area contributed by atoms with E-state index in [0.29, 0.717) is 24.2 Å². The second-order valence-corrected chi connectivity index (χ2v) is 5.76. The number of rotatable bonds is 3. The smallest absolute Gasteiger partial charge is 0.129 e. The van der Waals surface area contributed by atoms with E-state index in [0.717, 1.165) is 10.9 Å². The average molecular weight is 301 g/mol. The Hall–Kier alpha value is -0.410. The molecule has 1 aliphatic rings. The lowest BCUT2D eigenvalue weighted by molar-refractivity contribution is -0.0164. The second-order valence-electron chi connectivity index (χ2n) is 4.85. The van der Waals surface area contributed by atoms with Gasteiger partial charge in [0.05, 0.1) is 12.7 Å². The highest BCUT2D eigenvalue weighted by atomic mass is 79.9. The summed E-state index contributed by atoms with van der Waals surface area (Å²) in [4.78, 5) is 0. The molecule has 3 heteroatoms. The van der Waals surface area contributed by atoms with Crippen LogP contribution >= 0.6 is 15.9 Å². The molecule has 0 aliphatic heterocycles. The maximum Gasteiger partial charge on any atom is 0.129 e. The third kappa shape index (κ3) is 3.52. The number of benzene rings is 1. The molecule has 1 saturated carbocycles. The van der Waals surface area contributed by atoms with Crippen molar-refractivity contribution in [2.24, 2.45) is 5.92 Å². The van der Waals surface area contributed by atoms with Gasteiger partial charge in [-0.05, 0) is 30.9 Å². The first kappa shape index (κ1) is 13.0. The van der Waals surface area contributed by atoms with Gasteiger partial charge >= 0.3 is 0 Å². The van der Waals surface area contributed by atoms with Gasteiger partial charge in [-0.2, -0.15) is 0 Å². The monoisotopic (exact) mass is 300 g/mol. The van der Waals surface area contributed by atoms with Crippen molar-refractivity contribution in [2.75, 3.05) is 0 Å². The number of ether oxygens (including phenoxy) is 1. The molecule has 94 valence electrons. The summed E-state index contributed by atoms with van der Waals surface area (Å²) in [5.41, 5.74) is 0.644. The van der Waals surface area contributed by atoms with Gasteiger partial charge < -0.3 is 4.74 Å². The van der Waals surface area contributed by atoms with Crippen LogP contribution < -0.4 is 0 Å². The van der Waals surface area contributed by atoms with E-state index in [-0.39, 0.29) is 5.82 Å². The number of halogens is 2. The summed E-state index contributed by atoms with van der Waals surface area (Å²) in [5.74, 6) is 0.407. The molecule has 2 unspecified atom stereocenters. The third-order valence-electron chi connectivity index (χ3n) is 3.50. The van der Waals surface area contributed by atoms with Gasteiger partial charge in [-0.25, -0.2) is 4.39 Å². The molecule has 0 spiro atoms. The largest absolute Gasteiger partial charge is 0.373 e. The van der Waals surface area contributed by atoms with Crippen LogP contribution in [0.1, 0.15) is 38.2 Å². The van der Waals surface area contributed by atoms with Crippen LogP contribution in [0.3, 0.4) is 0 Å². The van der Waals surface area contributed by atoms with Crippen molar-refractivity contribution in [2.45, 2.75) is 45.3 Å².